The highest BCUT2D eigenvalue weighted by Crippen LogP contribution is 2.37. The van der Waals surface area contributed by atoms with Gasteiger partial charge in [0.05, 0.1) is 11.8 Å². The fraction of sp³-hybridized carbons (Fsp3) is 0.375. The number of allylic oxidation sites excluding steroid dienone is 2. The second-order valence-corrected chi connectivity index (χ2v) is 8.49. The summed E-state index contributed by atoms with van der Waals surface area (Å²) in [5.74, 6) is -0.901. The quantitative estimate of drug-likeness (QED) is 0.528. The third-order valence-electron chi connectivity index (χ3n) is 5.72. The molecule has 8 heteroatoms. The van der Waals surface area contributed by atoms with Gasteiger partial charge in [0, 0.05) is 18.1 Å². The fourth-order valence-corrected chi connectivity index (χ4v) is 4.18. The topological polar surface area (TPSA) is 101 Å². The van der Waals surface area contributed by atoms with Crippen LogP contribution in [0.15, 0.2) is 54.9 Å². The molecule has 0 saturated carbocycles. The van der Waals surface area contributed by atoms with E-state index in [1.54, 1.807) is 42.7 Å². The highest BCUT2D eigenvalue weighted by molar-refractivity contribution is 6.10. The van der Waals surface area contributed by atoms with Crippen LogP contribution < -0.4 is 10.1 Å². The van der Waals surface area contributed by atoms with Crippen LogP contribution in [0.5, 0.6) is 11.8 Å². The number of benzene rings is 1. The molecule has 1 N–H and O–H groups in total. The molecule has 1 aliphatic heterocycles. The Hall–Kier alpha value is -3.55. The van der Waals surface area contributed by atoms with Crippen LogP contribution in [0.3, 0.4) is 0 Å². The molecule has 3 amide bonds. The smallest absolute Gasteiger partial charge is 0.321 e. The predicted molar refractivity (Wildman–Crippen MR) is 118 cm³/mol. The number of ether oxygens (including phenoxy) is 1. The molecule has 166 valence electrons. The number of carbonyl (C=O) groups is 3. The van der Waals surface area contributed by atoms with Crippen molar-refractivity contribution in [3.8, 4) is 11.8 Å². The molecule has 2 aliphatic rings. The lowest BCUT2D eigenvalue weighted by molar-refractivity contribution is -0.147. The predicted octanol–water partition coefficient (Wildman–Crippen LogP) is 3.57. The summed E-state index contributed by atoms with van der Waals surface area (Å²) in [5, 5.41) is 2.85. The van der Waals surface area contributed by atoms with Crippen LogP contribution in [0.4, 0.5) is 5.69 Å². The van der Waals surface area contributed by atoms with Gasteiger partial charge in [0.1, 0.15) is 11.8 Å². The first-order chi connectivity index (χ1) is 15.4. The molecule has 2 heterocycles. The molecule has 32 heavy (non-hydrogen) atoms. The Bertz CT molecular complexity index is 994. The van der Waals surface area contributed by atoms with E-state index in [0.717, 1.165) is 0 Å². The number of aromatic nitrogens is 2. The Morgan fingerprint density at radius 1 is 1.06 bits per heavy atom. The normalized spacial score (nSPS) is 20.9. The third kappa shape index (κ3) is 4.54. The number of hydrogen-bond donors (Lipinski definition) is 1. The van der Waals surface area contributed by atoms with Crippen molar-refractivity contribution in [3.05, 3.63) is 54.9 Å². The lowest BCUT2D eigenvalue weighted by Crippen LogP contribution is -2.48. The minimum atomic E-state index is -0.839. The van der Waals surface area contributed by atoms with Crippen molar-refractivity contribution in [2.75, 3.05) is 5.32 Å². The van der Waals surface area contributed by atoms with Crippen LogP contribution in [0.1, 0.15) is 33.1 Å². The summed E-state index contributed by atoms with van der Waals surface area (Å²) in [6.07, 6.45) is 8.55. The molecule has 0 bridgehead atoms. The van der Waals surface area contributed by atoms with Gasteiger partial charge in [0.2, 0.25) is 17.7 Å². The van der Waals surface area contributed by atoms with E-state index < -0.39 is 6.04 Å². The summed E-state index contributed by atoms with van der Waals surface area (Å²) in [5.41, 5.74) is 0.545. The number of nitrogens with one attached hydrogen (secondary N) is 1. The Kier molecular flexibility index (Phi) is 6.30. The van der Waals surface area contributed by atoms with Gasteiger partial charge in [0.15, 0.2) is 0 Å². The molecule has 0 radical (unpaired) electrons. The molecule has 0 spiro atoms. The molecule has 4 rings (SSSR count). The summed E-state index contributed by atoms with van der Waals surface area (Å²) < 4.78 is 5.56. The van der Waals surface area contributed by atoms with Gasteiger partial charge in [-0.25, -0.2) is 9.97 Å². The van der Waals surface area contributed by atoms with Crippen LogP contribution in [0.2, 0.25) is 0 Å². The van der Waals surface area contributed by atoms with Crippen LogP contribution >= 0.6 is 0 Å². The molecule has 3 unspecified atom stereocenters. The van der Waals surface area contributed by atoms with Crippen LogP contribution in [-0.4, -0.2) is 38.6 Å². The average Bonchev–Trinajstić information content (AvgIpc) is 3.04. The molecule has 3 atom stereocenters. The molecule has 1 aliphatic carbocycles. The minimum absolute atomic E-state index is 0.133. The van der Waals surface area contributed by atoms with E-state index >= 15 is 0 Å². The number of hydrogen-bond acceptors (Lipinski definition) is 6. The maximum absolute atomic E-state index is 13.2. The number of imide groups is 1. The van der Waals surface area contributed by atoms with Gasteiger partial charge in [-0.2, -0.15) is 0 Å². The van der Waals surface area contributed by atoms with E-state index in [-0.39, 0.29) is 41.5 Å². The molecule has 1 aromatic heterocycles. The zero-order chi connectivity index (χ0) is 22.7. The second kappa shape index (κ2) is 9.30. The lowest BCUT2D eigenvalue weighted by atomic mass is 9.85. The van der Waals surface area contributed by atoms with E-state index in [2.05, 4.69) is 15.3 Å². The van der Waals surface area contributed by atoms with E-state index in [1.807, 2.05) is 26.0 Å². The zero-order valence-corrected chi connectivity index (χ0v) is 18.1. The highest BCUT2D eigenvalue weighted by atomic mass is 16.5. The van der Waals surface area contributed by atoms with Crippen molar-refractivity contribution in [3.63, 3.8) is 0 Å². The zero-order valence-electron chi connectivity index (χ0n) is 18.1. The standard InChI is InChI=1S/C24H26N4O4/c1-15(2)14-20(28-22(30)18-6-3-4-7-19(18)23(28)31)21(29)27-16-8-10-17(11-9-16)32-24-25-12-5-13-26-24/h3-5,8-13,15,18-20H,6-7,14H2,1-2H3,(H,27,29). The maximum Gasteiger partial charge on any atom is 0.321 e. The number of anilines is 1. The number of amides is 3. The summed E-state index contributed by atoms with van der Waals surface area (Å²) in [6, 6.07) is 7.85. The summed E-state index contributed by atoms with van der Waals surface area (Å²) in [6.45, 7) is 3.94. The Labute approximate surface area is 186 Å². The monoisotopic (exact) mass is 434 g/mol. The number of rotatable bonds is 7. The van der Waals surface area contributed by atoms with Gasteiger partial charge in [-0.1, -0.05) is 26.0 Å². The molecule has 1 aromatic carbocycles. The van der Waals surface area contributed by atoms with E-state index in [4.69, 9.17) is 4.74 Å². The van der Waals surface area contributed by atoms with Gasteiger partial charge in [-0.15, -0.1) is 0 Å². The third-order valence-corrected chi connectivity index (χ3v) is 5.72. The van der Waals surface area contributed by atoms with Gasteiger partial charge >= 0.3 is 6.01 Å². The SMILES string of the molecule is CC(C)CC(C(=O)Nc1ccc(Oc2ncccn2)cc1)N1C(=O)C2CC=CCC2C1=O. The number of likely N-dealkylation sites (tertiary alicyclic amines) is 1. The number of carbonyl (C=O) groups excluding carboxylic acids is 3. The van der Waals surface area contributed by atoms with Crippen molar-refractivity contribution in [1.29, 1.82) is 0 Å². The largest absolute Gasteiger partial charge is 0.424 e. The van der Waals surface area contributed by atoms with Gasteiger partial charge < -0.3 is 10.1 Å². The lowest BCUT2D eigenvalue weighted by Gasteiger charge is -2.27. The van der Waals surface area contributed by atoms with Crippen molar-refractivity contribution in [1.82, 2.24) is 14.9 Å². The fourth-order valence-electron chi connectivity index (χ4n) is 4.18. The van der Waals surface area contributed by atoms with E-state index in [0.29, 0.717) is 30.7 Å². The van der Waals surface area contributed by atoms with Crippen LogP contribution in [0.25, 0.3) is 0 Å². The molecule has 1 saturated heterocycles. The molecule has 2 aromatic rings. The first kappa shape index (κ1) is 21.7. The first-order valence-electron chi connectivity index (χ1n) is 10.8. The summed E-state index contributed by atoms with van der Waals surface area (Å²) >= 11 is 0. The Morgan fingerprint density at radius 3 is 2.22 bits per heavy atom. The average molecular weight is 434 g/mol. The van der Waals surface area contributed by atoms with E-state index in [9.17, 15) is 14.4 Å². The minimum Gasteiger partial charge on any atom is -0.424 e. The van der Waals surface area contributed by atoms with Crippen molar-refractivity contribution >= 4 is 23.4 Å². The Morgan fingerprint density at radius 2 is 1.66 bits per heavy atom. The van der Waals surface area contributed by atoms with Gasteiger partial charge in [0.25, 0.3) is 0 Å². The highest BCUT2D eigenvalue weighted by Gasteiger charge is 2.51. The summed E-state index contributed by atoms with van der Waals surface area (Å²) in [7, 11) is 0. The first-order valence-corrected chi connectivity index (χ1v) is 10.8. The molecular weight excluding hydrogens is 408 g/mol. The van der Waals surface area contributed by atoms with E-state index in [1.165, 1.54) is 4.90 Å². The Balaban J connectivity index is 1.48. The van der Waals surface area contributed by atoms with Crippen LogP contribution in [-0.2, 0) is 14.4 Å². The van der Waals surface area contributed by atoms with Crippen molar-refractivity contribution in [2.45, 2.75) is 39.2 Å². The van der Waals surface area contributed by atoms with Crippen molar-refractivity contribution in [2.24, 2.45) is 17.8 Å². The number of nitrogens with zero attached hydrogens (tertiary/aromatic N) is 3. The number of fused-ring (bicyclic) bond motifs is 1. The van der Waals surface area contributed by atoms with Gasteiger partial charge in [-0.05, 0) is 55.5 Å². The van der Waals surface area contributed by atoms with Gasteiger partial charge in [-0.3, -0.25) is 19.3 Å². The van der Waals surface area contributed by atoms with Crippen molar-refractivity contribution < 1.29 is 19.1 Å². The molecule has 1 fully saturated rings. The molecule has 8 nitrogen and oxygen atoms in total. The summed E-state index contributed by atoms with van der Waals surface area (Å²) in [4.78, 5) is 48.4. The maximum atomic E-state index is 13.2. The second-order valence-electron chi connectivity index (χ2n) is 8.49. The molecular formula is C24H26N4O4. The van der Waals surface area contributed by atoms with Crippen LogP contribution in [0, 0.1) is 17.8 Å².